The number of anilines is 1. The van der Waals surface area contributed by atoms with E-state index >= 15 is 0 Å². The van der Waals surface area contributed by atoms with Gasteiger partial charge in [-0.25, -0.2) is 13.8 Å². The zero-order valence-corrected chi connectivity index (χ0v) is 18.5. The molecule has 1 saturated carbocycles. The van der Waals surface area contributed by atoms with Crippen molar-refractivity contribution in [3.63, 3.8) is 0 Å². The highest BCUT2D eigenvalue weighted by Gasteiger charge is 2.29. The number of halogens is 2. The van der Waals surface area contributed by atoms with Gasteiger partial charge in [0.05, 0.1) is 11.0 Å². The normalized spacial score (nSPS) is 18.8. The largest absolute Gasteiger partial charge is 0.342 e. The molecule has 0 N–H and O–H groups in total. The summed E-state index contributed by atoms with van der Waals surface area (Å²) < 4.78 is 28.3. The Labute approximate surface area is 183 Å². The molecule has 5 nitrogen and oxygen atoms in total. The molecule has 0 spiro atoms. The number of amides is 1. The molecular formula is C24H34F2N4O. The Hall–Kier alpha value is -2.18. The maximum atomic E-state index is 13.1. The third-order valence-corrected chi connectivity index (χ3v) is 7.04. The maximum Gasteiger partial charge on any atom is 0.241 e. The molecule has 1 aromatic heterocycles. The topological polar surface area (TPSA) is 41.4 Å². The van der Waals surface area contributed by atoms with Crippen molar-refractivity contribution >= 4 is 22.9 Å². The first-order valence-electron chi connectivity index (χ1n) is 11.9. The molecule has 2 fully saturated rings. The number of rotatable bonds is 7. The second-order valence-electron chi connectivity index (χ2n) is 8.93. The number of carbonyl (C=O) groups excluding carboxylic acids is 1. The Morgan fingerprint density at radius 2 is 1.84 bits per heavy atom. The standard InChI is InChI=1S/C24H34F2N4O/c1-2-29(19-8-4-3-5-9-19)22(31)14-17-30-21-11-7-6-10-20(21)27-24(30)28-15-12-18(13-16-28)23(25)26/h6-7,10-11,18-19,23H,2-5,8-9,12-17H2,1H3. The molecule has 170 valence electrons. The van der Waals surface area contributed by atoms with Gasteiger partial charge in [0.2, 0.25) is 18.3 Å². The SMILES string of the molecule is CCN(C(=O)CCn1c(N2CCC(C(F)F)CC2)nc2ccccc21)C1CCCCC1. The molecule has 0 unspecified atom stereocenters. The van der Waals surface area contributed by atoms with Crippen LogP contribution in [0.3, 0.4) is 0 Å². The van der Waals surface area contributed by atoms with Crippen LogP contribution < -0.4 is 4.90 Å². The fourth-order valence-corrected chi connectivity index (χ4v) is 5.26. The first-order chi connectivity index (χ1) is 15.1. The summed E-state index contributed by atoms with van der Waals surface area (Å²) in [5, 5.41) is 0. The number of piperidine rings is 1. The lowest BCUT2D eigenvalue weighted by Crippen LogP contribution is -2.41. The highest BCUT2D eigenvalue weighted by atomic mass is 19.3. The Morgan fingerprint density at radius 3 is 2.52 bits per heavy atom. The van der Waals surface area contributed by atoms with Crippen LogP contribution in [0.15, 0.2) is 24.3 Å². The lowest BCUT2D eigenvalue weighted by molar-refractivity contribution is -0.134. The molecule has 4 rings (SSSR count). The number of para-hydroxylation sites is 2. The van der Waals surface area contributed by atoms with Crippen molar-refractivity contribution in [2.24, 2.45) is 5.92 Å². The number of alkyl halides is 2. The van der Waals surface area contributed by atoms with Crippen LogP contribution in [0.25, 0.3) is 11.0 Å². The average molecular weight is 433 g/mol. The van der Waals surface area contributed by atoms with Crippen molar-refractivity contribution in [3.05, 3.63) is 24.3 Å². The highest BCUT2D eigenvalue weighted by Crippen LogP contribution is 2.30. The smallest absolute Gasteiger partial charge is 0.241 e. The highest BCUT2D eigenvalue weighted by molar-refractivity contribution is 5.80. The zero-order chi connectivity index (χ0) is 21.8. The molecular weight excluding hydrogens is 398 g/mol. The van der Waals surface area contributed by atoms with Gasteiger partial charge in [0, 0.05) is 44.6 Å². The predicted molar refractivity (Wildman–Crippen MR) is 120 cm³/mol. The number of imidazole rings is 1. The van der Waals surface area contributed by atoms with Gasteiger partial charge in [-0.1, -0.05) is 31.4 Å². The molecule has 2 aromatic rings. The summed E-state index contributed by atoms with van der Waals surface area (Å²) >= 11 is 0. The van der Waals surface area contributed by atoms with Gasteiger partial charge in [-0.15, -0.1) is 0 Å². The van der Waals surface area contributed by atoms with E-state index in [1.165, 1.54) is 19.3 Å². The van der Waals surface area contributed by atoms with Crippen molar-refractivity contribution in [1.29, 1.82) is 0 Å². The quantitative estimate of drug-likeness (QED) is 0.612. The van der Waals surface area contributed by atoms with Crippen LogP contribution in [0, 0.1) is 5.92 Å². The van der Waals surface area contributed by atoms with Crippen molar-refractivity contribution in [1.82, 2.24) is 14.5 Å². The molecule has 0 bridgehead atoms. The molecule has 0 atom stereocenters. The van der Waals surface area contributed by atoms with Crippen molar-refractivity contribution in [2.75, 3.05) is 24.5 Å². The van der Waals surface area contributed by atoms with E-state index < -0.39 is 12.3 Å². The fourth-order valence-electron chi connectivity index (χ4n) is 5.26. The molecule has 1 aromatic carbocycles. The lowest BCUT2D eigenvalue weighted by atomic mass is 9.94. The monoisotopic (exact) mass is 432 g/mol. The van der Waals surface area contributed by atoms with Crippen LogP contribution in [0.5, 0.6) is 0 Å². The molecule has 1 aliphatic carbocycles. The van der Waals surface area contributed by atoms with Crippen LogP contribution in [-0.4, -0.2) is 52.5 Å². The van der Waals surface area contributed by atoms with Gasteiger partial charge in [0.1, 0.15) is 0 Å². The number of aromatic nitrogens is 2. The van der Waals surface area contributed by atoms with Crippen molar-refractivity contribution in [3.8, 4) is 0 Å². The molecule has 1 amide bonds. The molecule has 2 aliphatic rings. The number of hydrogen-bond acceptors (Lipinski definition) is 3. The van der Waals surface area contributed by atoms with Crippen LogP contribution in [0.1, 0.15) is 58.3 Å². The van der Waals surface area contributed by atoms with Crippen molar-refractivity contribution < 1.29 is 13.6 Å². The first-order valence-corrected chi connectivity index (χ1v) is 11.9. The summed E-state index contributed by atoms with van der Waals surface area (Å²) in [6, 6.07) is 8.32. The zero-order valence-electron chi connectivity index (χ0n) is 18.5. The average Bonchev–Trinajstić information content (AvgIpc) is 3.17. The maximum absolute atomic E-state index is 13.1. The van der Waals surface area contributed by atoms with E-state index in [0.717, 1.165) is 36.4 Å². The minimum Gasteiger partial charge on any atom is -0.342 e. The van der Waals surface area contributed by atoms with E-state index in [9.17, 15) is 13.6 Å². The molecule has 31 heavy (non-hydrogen) atoms. The van der Waals surface area contributed by atoms with Gasteiger partial charge in [0.15, 0.2) is 0 Å². The van der Waals surface area contributed by atoms with E-state index in [0.29, 0.717) is 44.9 Å². The van der Waals surface area contributed by atoms with Crippen LogP contribution in [-0.2, 0) is 11.3 Å². The number of nitrogens with zero attached hydrogens (tertiary/aromatic N) is 4. The summed E-state index contributed by atoms with van der Waals surface area (Å²) in [5.74, 6) is 0.487. The number of fused-ring (bicyclic) bond motifs is 1. The molecule has 1 saturated heterocycles. The molecule has 7 heteroatoms. The number of benzene rings is 1. The van der Waals surface area contributed by atoms with Gasteiger partial charge in [-0.3, -0.25) is 4.79 Å². The summed E-state index contributed by atoms with van der Waals surface area (Å²) in [6.07, 6.45) is 5.04. The van der Waals surface area contributed by atoms with Gasteiger partial charge in [0.25, 0.3) is 0 Å². The van der Waals surface area contributed by atoms with Crippen LogP contribution in [0.2, 0.25) is 0 Å². The summed E-state index contributed by atoms with van der Waals surface area (Å²) in [5.41, 5.74) is 1.89. The minimum absolute atomic E-state index is 0.203. The van der Waals surface area contributed by atoms with E-state index in [1.807, 2.05) is 24.3 Å². The van der Waals surface area contributed by atoms with Crippen LogP contribution in [0.4, 0.5) is 14.7 Å². The Bertz CT molecular complexity index is 870. The lowest BCUT2D eigenvalue weighted by Gasteiger charge is -2.34. The Kier molecular flexibility index (Phi) is 7.08. The fraction of sp³-hybridized carbons (Fsp3) is 0.667. The van der Waals surface area contributed by atoms with E-state index in [2.05, 4.69) is 21.3 Å². The molecule has 0 radical (unpaired) electrons. The summed E-state index contributed by atoms with van der Waals surface area (Å²) in [6.45, 7) is 4.54. The van der Waals surface area contributed by atoms with Crippen molar-refractivity contribution in [2.45, 2.75) is 77.3 Å². The second-order valence-corrected chi connectivity index (χ2v) is 8.93. The summed E-state index contributed by atoms with van der Waals surface area (Å²) in [4.78, 5) is 22.1. The molecule has 2 heterocycles. The van der Waals surface area contributed by atoms with E-state index in [1.54, 1.807) is 0 Å². The van der Waals surface area contributed by atoms with Gasteiger partial charge in [-0.2, -0.15) is 0 Å². The Balaban J connectivity index is 1.50. The van der Waals surface area contributed by atoms with Gasteiger partial charge in [-0.05, 0) is 44.7 Å². The third kappa shape index (κ3) is 4.85. The Morgan fingerprint density at radius 1 is 1.13 bits per heavy atom. The second kappa shape index (κ2) is 9.96. The predicted octanol–water partition coefficient (Wildman–Crippen LogP) is 5.09. The van der Waals surface area contributed by atoms with E-state index in [-0.39, 0.29) is 5.91 Å². The number of aryl methyl sites for hydroxylation is 1. The number of carbonyl (C=O) groups is 1. The molecule has 1 aliphatic heterocycles. The minimum atomic E-state index is -2.25. The first kappa shape index (κ1) is 22.0. The van der Waals surface area contributed by atoms with E-state index in [4.69, 9.17) is 4.98 Å². The van der Waals surface area contributed by atoms with Gasteiger partial charge >= 0.3 is 0 Å². The van der Waals surface area contributed by atoms with Gasteiger partial charge < -0.3 is 14.4 Å². The number of hydrogen-bond donors (Lipinski definition) is 0. The third-order valence-electron chi connectivity index (χ3n) is 7.04. The van der Waals surface area contributed by atoms with Crippen LogP contribution >= 0.6 is 0 Å². The summed E-state index contributed by atoms with van der Waals surface area (Å²) in [7, 11) is 0.